The van der Waals surface area contributed by atoms with Gasteiger partial charge in [-0.05, 0) is 32.7 Å². The number of rotatable bonds is 4. The van der Waals surface area contributed by atoms with Crippen molar-refractivity contribution in [2.45, 2.75) is 50.1 Å². The lowest BCUT2D eigenvalue weighted by Gasteiger charge is -2.43. The van der Waals surface area contributed by atoms with Crippen LogP contribution in [-0.4, -0.2) is 61.6 Å². The minimum atomic E-state index is -2.95. The van der Waals surface area contributed by atoms with E-state index in [2.05, 4.69) is 10.2 Å². The highest BCUT2D eigenvalue weighted by Crippen LogP contribution is 2.30. The summed E-state index contributed by atoms with van der Waals surface area (Å²) in [7, 11) is -0.929. The van der Waals surface area contributed by atoms with Crippen LogP contribution in [0.15, 0.2) is 0 Å². The van der Waals surface area contributed by atoms with Gasteiger partial charge in [0.25, 0.3) is 0 Å². The fraction of sp³-hybridized carbons (Fsp3) is 1.00. The predicted octanol–water partition coefficient (Wildman–Crippen LogP) is 1.33. The van der Waals surface area contributed by atoms with E-state index in [1.807, 2.05) is 7.05 Å². The van der Waals surface area contributed by atoms with E-state index in [0.29, 0.717) is 12.1 Å². The molecule has 0 amide bonds. The second kappa shape index (κ2) is 6.78. The molecule has 0 aromatic heterocycles. The molecule has 1 unspecified atom stereocenters. The Labute approximate surface area is 121 Å². The molecule has 0 bridgehead atoms. The topological polar surface area (TPSA) is 49.4 Å². The predicted molar refractivity (Wildman–Crippen MR) is 82.4 cm³/mol. The third-order valence-corrected chi connectivity index (χ3v) is 7.82. The summed E-state index contributed by atoms with van der Waals surface area (Å²) < 4.78 is 24.5. The molecule has 112 valence electrons. The number of hydrogen-bond donors (Lipinski definition) is 1. The van der Waals surface area contributed by atoms with Crippen molar-refractivity contribution >= 4 is 21.6 Å². The van der Waals surface area contributed by atoms with E-state index in [1.54, 1.807) is 18.7 Å². The van der Waals surface area contributed by atoms with Crippen LogP contribution in [0.5, 0.6) is 0 Å². The van der Waals surface area contributed by atoms with Gasteiger partial charge in [-0.2, -0.15) is 11.8 Å². The third kappa shape index (κ3) is 3.65. The summed E-state index contributed by atoms with van der Waals surface area (Å²) in [6, 6.07) is 1.09. The van der Waals surface area contributed by atoms with Crippen LogP contribution in [-0.2, 0) is 9.84 Å². The average molecular weight is 306 g/mol. The second-order valence-corrected chi connectivity index (χ2v) is 9.11. The largest absolute Gasteiger partial charge is 0.317 e. The van der Waals surface area contributed by atoms with E-state index in [4.69, 9.17) is 0 Å². The zero-order chi connectivity index (χ0) is 13.9. The maximum absolute atomic E-state index is 12.3. The molecule has 1 heterocycles. The zero-order valence-corrected chi connectivity index (χ0v) is 13.6. The van der Waals surface area contributed by atoms with Gasteiger partial charge in [0.15, 0.2) is 9.84 Å². The molecule has 0 spiro atoms. The molecule has 1 saturated heterocycles. The molecule has 2 rings (SSSR count). The fourth-order valence-corrected chi connectivity index (χ4v) is 6.30. The monoisotopic (exact) mass is 306 g/mol. The smallest absolute Gasteiger partial charge is 0.166 e. The Bertz CT molecular complexity index is 378. The zero-order valence-electron chi connectivity index (χ0n) is 12.0. The first-order valence-electron chi connectivity index (χ1n) is 7.30. The van der Waals surface area contributed by atoms with E-state index in [9.17, 15) is 8.42 Å². The molecule has 0 aromatic carbocycles. The summed E-state index contributed by atoms with van der Waals surface area (Å²) in [4.78, 5) is 2.29. The van der Waals surface area contributed by atoms with Crippen LogP contribution in [0.3, 0.4) is 0 Å². The minimum absolute atomic E-state index is 0.243. The van der Waals surface area contributed by atoms with Gasteiger partial charge in [0.05, 0.1) is 0 Å². The molecular weight excluding hydrogens is 280 g/mol. The number of nitrogens with zero attached hydrogens (tertiary/aromatic N) is 1. The summed E-state index contributed by atoms with van der Waals surface area (Å²) in [6.45, 7) is 2.70. The Balaban J connectivity index is 2.04. The van der Waals surface area contributed by atoms with Crippen molar-refractivity contribution in [1.29, 1.82) is 0 Å². The van der Waals surface area contributed by atoms with Crippen LogP contribution in [0.1, 0.15) is 32.6 Å². The van der Waals surface area contributed by atoms with Gasteiger partial charge < -0.3 is 5.32 Å². The van der Waals surface area contributed by atoms with Crippen LogP contribution in [0.4, 0.5) is 0 Å². The lowest BCUT2D eigenvalue weighted by Crippen LogP contribution is -2.54. The van der Waals surface area contributed by atoms with E-state index < -0.39 is 9.84 Å². The van der Waals surface area contributed by atoms with Crippen molar-refractivity contribution in [2.75, 3.05) is 30.9 Å². The molecule has 2 aliphatic rings. The van der Waals surface area contributed by atoms with Crippen molar-refractivity contribution in [2.24, 2.45) is 0 Å². The Hall–Kier alpha value is 0.220. The molecule has 1 aliphatic heterocycles. The first-order chi connectivity index (χ1) is 9.08. The lowest BCUT2D eigenvalue weighted by atomic mass is 9.90. The maximum atomic E-state index is 12.3. The van der Waals surface area contributed by atoms with Gasteiger partial charge in [0.1, 0.15) is 5.37 Å². The standard InChI is InChI=1S/C13H26N2O2S2/c1-3-19(16,17)13-10-18-9-8-15(13)12-6-4-11(14-2)5-7-12/h11-14H,3-10H2,1-2H3. The molecule has 2 fully saturated rings. The molecule has 1 aliphatic carbocycles. The normalized spacial score (nSPS) is 34.3. The first kappa shape index (κ1) is 15.6. The molecular formula is C13H26N2O2S2. The minimum Gasteiger partial charge on any atom is -0.317 e. The highest BCUT2D eigenvalue weighted by Gasteiger charge is 2.37. The van der Waals surface area contributed by atoms with Gasteiger partial charge in [-0.15, -0.1) is 0 Å². The Morgan fingerprint density at radius 3 is 2.53 bits per heavy atom. The summed E-state index contributed by atoms with van der Waals surface area (Å²) in [5.41, 5.74) is 0. The van der Waals surface area contributed by atoms with Crippen LogP contribution in [0.2, 0.25) is 0 Å². The van der Waals surface area contributed by atoms with Crippen molar-refractivity contribution in [3.63, 3.8) is 0 Å². The van der Waals surface area contributed by atoms with Crippen LogP contribution in [0, 0.1) is 0 Å². The maximum Gasteiger partial charge on any atom is 0.166 e. The number of hydrogen-bond acceptors (Lipinski definition) is 5. The van der Waals surface area contributed by atoms with Crippen molar-refractivity contribution < 1.29 is 8.42 Å². The summed E-state index contributed by atoms with van der Waals surface area (Å²) in [6.07, 6.45) is 4.60. The van der Waals surface area contributed by atoms with Crippen molar-refractivity contribution in [3.05, 3.63) is 0 Å². The molecule has 19 heavy (non-hydrogen) atoms. The van der Waals surface area contributed by atoms with E-state index in [1.165, 1.54) is 12.8 Å². The van der Waals surface area contributed by atoms with Gasteiger partial charge in [-0.1, -0.05) is 6.92 Å². The van der Waals surface area contributed by atoms with E-state index in [0.717, 1.165) is 30.9 Å². The lowest BCUT2D eigenvalue weighted by molar-refractivity contribution is 0.141. The average Bonchev–Trinajstić information content (AvgIpc) is 2.47. The van der Waals surface area contributed by atoms with Crippen molar-refractivity contribution in [3.8, 4) is 0 Å². The van der Waals surface area contributed by atoms with Gasteiger partial charge in [0.2, 0.25) is 0 Å². The van der Waals surface area contributed by atoms with E-state index >= 15 is 0 Å². The highest BCUT2D eigenvalue weighted by atomic mass is 32.2. The third-order valence-electron chi connectivity index (χ3n) is 4.52. The molecule has 0 radical (unpaired) electrons. The van der Waals surface area contributed by atoms with Gasteiger partial charge >= 0.3 is 0 Å². The molecule has 1 atom stereocenters. The summed E-state index contributed by atoms with van der Waals surface area (Å²) in [5.74, 6) is 2.09. The molecule has 1 saturated carbocycles. The first-order valence-corrected chi connectivity index (χ1v) is 10.2. The second-order valence-electron chi connectivity index (χ2n) is 5.51. The van der Waals surface area contributed by atoms with Gasteiger partial charge in [0, 0.05) is 35.9 Å². The van der Waals surface area contributed by atoms with Crippen LogP contribution >= 0.6 is 11.8 Å². The van der Waals surface area contributed by atoms with Gasteiger partial charge in [-0.25, -0.2) is 8.42 Å². The molecule has 1 N–H and O–H groups in total. The van der Waals surface area contributed by atoms with E-state index in [-0.39, 0.29) is 11.1 Å². The molecule has 4 nitrogen and oxygen atoms in total. The molecule has 6 heteroatoms. The van der Waals surface area contributed by atoms with Crippen LogP contribution in [0.25, 0.3) is 0 Å². The quantitative estimate of drug-likeness (QED) is 0.849. The van der Waals surface area contributed by atoms with Gasteiger partial charge in [-0.3, -0.25) is 4.90 Å². The highest BCUT2D eigenvalue weighted by molar-refractivity contribution is 8.01. The Morgan fingerprint density at radius 1 is 1.26 bits per heavy atom. The molecule has 0 aromatic rings. The fourth-order valence-electron chi connectivity index (χ4n) is 3.21. The summed E-state index contributed by atoms with van der Waals surface area (Å²) in [5, 5.41) is 3.10. The number of thioether (sulfide) groups is 1. The SMILES string of the molecule is CCS(=O)(=O)C1CSCCN1C1CCC(NC)CC1. The van der Waals surface area contributed by atoms with Crippen LogP contribution < -0.4 is 5.32 Å². The van der Waals surface area contributed by atoms with Crippen molar-refractivity contribution in [1.82, 2.24) is 10.2 Å². The Kier molecular flexibility index (Phi) is 5.57. The number of sulfone groups is 1. The summed E-state index contributed by atoms with van der Waals surface area (Å²) >= 11 is 1.78. The Morgan fingerprint density at radius 2 is 1.95 bits per heavy atom. The number of nitrogens with one attached hydrogen (secondary N) is 1.